The second kappa shape index (κ2) is 9.87. The van der Waals surface area contributed by atoms with Crippen molar-refractivity contribution in [1.82, 2.24) is 9.88 Å². The Morgan fingerprint density at radius 3 is 2.64 bits per heavy atom. The number of aryl methyl sites for hydroxylation is 1. The number of nitrogens with one attached hydrogen (secondary N) is 1. The van der Waals surface area contributed by atoms with Crippen molar-refractivity contribution in [2.75, 3.05) is 25.2 Å². The third-order valence-electron chi connectivity index (χ3n) is 4.39. The van der Waals surface area contributed by atoms with Crippen LogP contribution >= 0.6 is 23.1 Å². The Kier molecular flexibility index (Phi) is 7.25. The molecule has 3 aromatic rings. The topological polar surface area (TPSA) is 45.2 Å². The van der Waals surface area contributed by atoms with Crippen LogP contribution in [0.5, 0.6) is 0 Å². The predicted octanol–water partition coefficient (Wildman–Crippen LogP) is 5.16. The number of carbonyl (C=O) groups excluding carboxylic acids is 1. The van der Waals surface area contributed by atoms with Crippen LogP contribution < -0.4 is 5.32 Å². The fraction of sp³-hybridized carbons (Fsp3) is 0.273. The van der Waals surface area contributed by atoms with Gasteiger partial charge in [-0.1, -0.05) is 43.3 Å². The summed E-state index contributed by atoms with van der Waals surface area (Å²) in [5, 5.41) is 6.09. The molecule has 1 amide bonds. The van der Waals surface area contributed by atoms with Crippen LogP contribution in [-0.4, -0.2) is 35.6 Å². The molecule has 0 aliphatic heterocycles. The second-order valence-electron chi connectivity index (χ2n) is 6.62. The van der Waals surface area contributed by atoms with Crippen LogP contribution in [0.2, 0.25) is 0 Å². The molecule has 1 aromatic heterocycles. The minimum absolute atomic E-state index is 0.0189. The first-order chi connectivity index (χ1) is 13.6. The smallest absolute Gasteiger partial charge is 0.238 e. The number of benzene rings is 2. The van der Waals surface area contributed by atoms with Crippen molar-refractivity contribution in [3.8, 4) is 10.6 Å². The van der Waals surface area contributed by atoms with Gasteiger partial charge in [0.05, 0.1) is 17.9 Å². The molecule has 0 aliphatic rings. The Labute approximate surface area is 175 Å². The van der Waals surface area contributed by atoms with E-state index in [0.717, 1.165) is 33.3 Å². The molecule has 0 unspecified atom stereocenters. The van der Waals surface area contributed by atoms with E-state index in [0.29, 0.717) is 13.1 Å². The number of thioether (sulfide) groups is 1. The number of nitrogens with zero attached hydrogens (tertiary/aromatic N) is 2. The van der Waals surface area contributed by atoms with Crippen molar-refractivity contribution < 1.29 is 4.79 Å². The number of rotatable bonds is 8. The molecule has 146 valence electrons. The highest BCUT2D eigenvalue weighted by Crippen LogP contribution is 2.25. The third-order valence-corrected chi connectivity index (χ3v) is 6.12. The average Bonchev–Trinajstić information content (AvgIpc) is 3.16. The van der Waals surface area contributed by atoms with Crippen LogP contribution in [0.25, 0.3) is 10.6 Å². The molecule has 0 aliphatic carbocycles. The number of thiazole rings is 1. The summed E-state index contributed by atoms with van der Waals surface area (Å²) in [6.45, 7) is 3.12. The number of aromatic nitrogens is 1. The van der Waals surface area contributed by atoms with E-state index in [1.54, 1.807) is 23.1 Å². The van der Waals surface area contributed by atoms with E-state index in [-0.39, 0.29) is 5.91 Å². The van der Waals surface area contributed by atoms with Crippen molar-refractivity contribution in [2.24, 2.45) is 0 Å². The van der Waals surface area contributed by atoms with Crippen LogP contribution in [0.1, 0.15) is 18.2 Å². The number of carbonyl (C=O) groups is 1. The van der Waals surface area contributed by atoms with Crippen LogP contribution in [0.15, 0.2) is 58.8 Å². The Morgan fingerprint density at radius 2 is 1.93 bits per heavy atom. The Morgan fingerprint density at radius 1 is 1.18 bits per heavy atom. The maximum Gasteiger partial charge on any atom is 0.238 e. The number of hydrogen-bond acceptors (Lipinski definition) is 5. The number of likely N-dealkylation sites (N-methyl/N-ethyl adjacent to an activating group) is 1. The zero-order chi connectivity index (χ0) is 19.9. The molecule has 6 heteroatoms. The summed E-state index contributed by atoms with van der Waals surface area (Å²) in [4.78, 5) is 20.2. The van der Waals surface area contributed by atoms with E-state index in [9.17, 15) is 4.79 Å². The van der Waals surface area contributed by atoms with E-state index in [2.05, 4.69) is 41.9 Å². The van der Waals surface area contributed by atoms with Gasteiger partial charge in [-0.2, -0.15) is 0 Å². The highest BCUT2D eigenvalue weighted by Gasteiger charge is 2.12. The highest BCUT2D eigenvalue weighted by molar-refractivity contribution is 7.98. The molecular formula is C22H25N3OS2. The first-order valence-corrected chi connectivity index (χ1v) is 11.3. The van der Waals surface area contributed by atoms with Crippen LogP contribution in [-0.2, 0) is 17.8 Å². The van der Waals surface area contributed by atoms with Gasteiger partial charge in [-0.05, 0) is 37.4 Å². The molecule has 2 aromatic carbocycles. The highest BCUT2D eigenvalue weighted by atomic mass is 32.2. The summed E-state index contributed by atoms with van der Waals surface area (Å²) < 4.78 is 0. The van der Waals surface area contributed by atoms with E-state index < -0.39 is 0 Å². The molecule has 3 rings (SSSR count). The number of anilines is 1. The van der Waals surface area contributed by atoms with Crippen molar-refractivity contribution in [3.63, 3.8) is 0 Å². The third kappa shape index (κ3) is 5.44. The van der Waals surface area contributed by atoms with Gasteiger partial charge in [0, 0.05) is 22.4 Å². The van der Waals surface area contributed by atoms with Gasteiger partial charge in [0.2, 0.25) is 5.91 Å². The summed E-state index contributed by atoms with van der Waals surface area (Å²) in [6, 6.07) is 16.4. The Hall–Kier alpha value is -2.15. The standard InChI is InChI=1S/C22H25N3OS2/c1-4-16-9-11-17(12-10-16)22-23-18(15-28-22)13-25(2)14-21(26)24-19-7-5-6-8-20(19)27-3/h5-12,15H,4,13-14H2,1-3H3,(H,24,26). The summed E-state index contributed by atoms with van der Waals surface area (Å²) >= 11 is 3.27. The summed E-state index contributed by atoms with van der Waals surface area (Å²) in [5.74, 6) is -0.0189. The maximum atomic E-state index is 12.4. The van der Waals surface area contributed by atoms with Gasteiger partial charge in [-0.3, -0.25) is 9.69 Å². The van der Waals surface area contributed by atoms with E-state index in [4.69, 9.17) is 4.98 Å². The van der Waals surface area contributed by atoms with Gasteiger partial charge in [0.15, 0.2) is 0 Å². The van der Waals surface area contributed by atoms with E-state index in [1.807, 2.05) is 42.5 Å². The van der Waals surface area contributed by atoms with Crippen molar-refractivity contribution >= 4 is 34.7 Å². The van der Waals surface area contributed by atoms with E-state index in [1.165, 1.54) is 5.56 Å². The molecule has 4 nitrogen and oxygen atoms in total. The maximum absolute atomic E-state index is 12.4. The quantitative estimate of drug-likeness (QED) is 0.520. The lowest BCUT2D eigenvalue weighted by atomic mass is 10.1. The lowest BCUT2D eigenvalue weighted by molar-refractivity contribution is -0.117. The second-order valence-corrected chi connectivity index (χ2v) is 8.32. The van der Waals surface area contributed by atoms with Gasteiger partial charge in [-0.15, -0.1) is 23.1 Å². The lowest BCUT2D eigenvalue weighted by Crippen LogP contribution is -2.30. The first-order valence-electron chi connectivity index (χ1n) is 9.24. The zero-order valence-electron chi connectivity index (χ0n) is 16.4. The van der Waals surface area contributed by atoms with Crippen LogP contribution in [0, 0.1) is 0 Å². The Balaban J connectivity index is 1.56. The fourth-order valence-electron chi connectivity index (χ4n) is 2.91. The van der Waals surface area contributed by atoms with Gasteiger partial charge in [0.25, 0.3) is 0 Å². The van der Waals surface area contributed by atoms with Gasteiger partial charge >= 0.3 is 0 Å². The van der Waals surface area contributed by atoms with Gasteiger partial charge in [-0.25, -0.2) is 4.98 Å². The molecule has 0 bridgehead atoms. The summed E-state index contributed by atoms with van der Waals surface area (Å²) in [5.41, 5.74) is 4.32. The van der Waals surface area contributed by atoms with Crippen LogP contribution in [0.4, 0.5) is 5.69 Å². The summed E-state index contributed by atoms with van der Waals surface area (Å²) in [6.07, 6.45) is 3.05. The first kappa shape index (κ1) is 20.6. The minimum atomic E-state index is -0.0189. The predicted molar refractivity (Wildman–Crippen MR) is 120 cm³/mol. The normalized spacial score (nSPS) is 11.0. The molecule has 0 spiro atoms. The molecule has 1 N–H and O–H groups in total. The molecule has 1 heterocycles. The summed E-state index contributed by atoms with van der Waals surface area (Å²) in [7, 11) is 1.94. The van der Waals surface area contributed by atoms with Gasteiger partial charge in [0.1, 0.15) is 5.01 Å². The van der Waals surface area contributed by atoms with Gasteiger partial charge < -0.3 is 5.32 Å². The number of amides is 1. The monoisotopic (exact) mass is 411 g/mol. The molecule has 0 radical (unpaired) electrons. The average molecular weight is 412 g/mol. The van der Waals surface area contributed by atoms with Crippen molar-refractivity contribution in [2.45, 2.75) is 24.8 Å². The van der Waals surface area contributed by atoms with Crippen molar-refractivity contribution in [1.29, 1.82) is 0 Å². The van der Waals surface area contributed by atoms with Crippen LogP contribution in [0.3, 0.4) is 0 Å². The lowest BCUT2D eigenvalue weighted by Gasteiger charge is -2.16. The Bertz CT molecular complexity index is 922. The fourth-order valence-corrected chi connectivity index (χ4v) is 4.28. The SMILES string of the molecule is CCc1ccc(-c2nc(CN(C)CC(=O)Nc3ccccc3SC)cs2)cc1. The number of hydrogen-bond donors (Lipinski definition) is 1. The number of para-hydroxylation sites is 1. The molecule has 0 saturated heterocycles. The molecule has 0 fully saturated rings. The zero-order valence-corrected chi connectivity index (χ0v) is 18.1. The molecule has 0 saturated carbocycles. The molecular weight excluding hydrogens is 386 g/mol. The molecule has 28 heavy (non-hydrogen) atoms. The van der Waals surface area contributed by atoms with E-state index >= 15 is 0 Å². The molecule has 0 atom stereocenters. The largest absolute Gasteiger partial charge is 0.324 e. The van der Waals surface area contributed by atoms with Crippen molar-refractivity contribution in [3.05, 3.63) is 65.2 Å². The minimum Gasteiger partial charge on any atom is -0.324 e.